The van der Waals surface area contributed by atoms with Crippen molar-refractivity contribution in [3.63, 3.8) is 0 Å². The molecule has 5 heteroatoms. The number of H-pyrrole nitrogens is 1. The molecule has 0 fully saturated rings. The van der Waals surface area contributed by atoms with E-state index in [0.29, 0.717) is 0 Å². The lowest BCUT2D eigenvalue weighted by atomic mass is 10.0. The molecule has 0 saturated heterocycles. The Morgan fingerprint density at radius 1 is 1.04 bits per heavy atom. The first kappa shape index (κ1) is 17.5. The Kier molecular flexibility index (Phi) is 5.43. The van der Waals surface area contributed by atoms with Gasteiger partial charge >= 0.3 is 0 Å². The van der Waals surface area contributed by atoms with Gasteiger partial charge in [0.25, 0.3) is 0 Å². The summed E-state index contributed by atoms with van der Waals surface area (Å²) in [7, 11) is 0. The van der Waals surface area contributed by atoms with Gasteiger partial charge in [0.2, 0.25) is 5.91 Å². The van der Waals surface area contributed by atoms with Crippen LogP contribution < -0.4 is 5.32 Å². The minimum atomic E-state index is -0.173. The van der Waals surface area contributed by atoms with E-state index < -0.39 is 0 Å². The molecule has 1 heterocycles. The molecule has 0 radical (unpaired) electrons. The van der Waals surface area contributed by atoms with Crippen molar-refractivity contribution in [2.45, 2.75) is 37.0 Å². The first-order chi connectivity index (χ1) is 12.0. The van der Waals surface area contributed by atoms with E-state index in [2.05, 4.69) is 29.1 Å². The summed E-state index contributed by atoms with van der Waals surface area (Å²) in [5.74, 6) is 1.06. The van der Waals surface area contributed by atoms with E-state index in [4.69, 9.17) is 0 Å². The third kappa shape index (κ3) is 4.23. The second kappa shape index (κ2) is 7.74. The van der Waals surface area contributed by atoms with Crippen LogP contribution in [0.1, 0.15) is 32.6 Å². The number of amides is 1. The summed E-state index contributed by atoms with van der Waals surface area (Å²) >= 11 is 1.56. The molecule has 3 rings (SSSR count). The first-order valence-electron chi connectivity index (χ1n) is 8.51. The van der Waals surface area contributed by atoms with Crippen LogP contribution in [0.4, 0.5) is 0 Å². The van der Waals surface area contributed by atoms with Crippen molar-refractivity contribution in [2.24, 2.45) is 5.92 Å². The number of aromatic nitrogens is 2. The number of imidazole rings is 1. The van der Waals surface area contributed by atoms with E-state index in [9.17, 15) is 4.79 Å². The van der Waals surface area contributed by atoms with E-state index in [0.717, 1.165) is 21.8 Å². The van der Waals surface area contributed by atoms with Crippen molar-refractivity contribution in [1.29, 1.82) is 0 Å². The molecule has 1 amide bonds. The van der Waals surface area contributed by atoms with E-state index in [1.54, 1.807) is 11.8 Å². The quantitative estimate of drug-likeness (QED) is 0.639. The number of nitrogens with zero attached hydrogens (tertiary/aromatic N) is 1. The van der Waals surface area contributed by atoms with Crippen molar-refractivity contribution >= 4 is 28.7 Å². The average Bonchev–Trinajstić information content (AvgIpc) is 3.03. The van der Waals surface area contributed by atoms with E-state index >= 15 is 0 Å². The van der Waals surface area contributed by atoms with Crippen LogP contribution in [-0.2, 0) is 4.79 Å². The smallest absolute Gasteiger partial charge is 0.233 e. The maximum atomic E-state index is 12.7. The predicted octanol–water partition coefficient (Wildman–Crippen LogP) is 4.56. The highest BCUT2D eigenvalue weighted by Gasteiger charge is 2.24. The second-order valence-electron chi connectivity index (χ2n) is 6.44. The molecule has 4 nitrogen and oxygen atoms in total. The number of aromatic amines is 1. The number of nitrogens with one attached hydrogen (secondary N) is 2. The van der Waals surface area contributed by atoms with Gasteiger partial charge < -0.3 is 10.3 Å². The lowest BCUT2D eigenvalue weighted by Crippen LogP contribution is -2.37. The van der Waals surface area contributed by atoms with Gasteiger partial charge in [0.15, 0.2) is 0 Å². The Morgan fingerprint density at radius 3 is 2.40 bits per heavy atom. The number of para-hydroxylation sites is 2. The highest BCUT2D eigenvalue weighted by atomic mass is 32.2. The minimum Gasteiger partial charge on any atom is -0.345 e. The number of carbonyl (C=O) groups excluding carboxylic acids is 1. The summed E-state index contributed by atoms with van der Waals surface area (Å²) in [5.41, 5.74) is 1.91. The Balaban J connectivity index is 1.73. The summed E-state index contributed by atoms with van der Waals surface area (Å²) in [6.07, 6.45) is 0. The molecule has 3 aromatic rings. The minimum absolute atomic E-state index is 0.0213. The van der Waals surface area contributed by atoms with E-state index in [1.165, 1.54) is 0 Å². The maximum Gasteiger partial charge on any atom is 0.233 e. The Morgan fingerprint density at radius 2 is 1.72 bits per heavy atom. The summed E-state index contributed by atoms with van der Waals surface area (Å²) < 4.78 is 0. The fourth-order valence-corrected chi connectivity index (χ4v) is 3.60. The van der Waals surface area contributed by atoms with Crippen molar-refractivity contribution < 1.29 is 4.79 Å². The molecule has 130 valence electrons. The number of thioether (sulfide) groups is 1. The average molecular weight is 353 g/mol. The van der Waals surface area contributed by atoms with Crippen LogP contribution in [-0.4, -0.2) is 21.1 Å². The van der Waals surface area contributed by atoms with Gasteiger partial charge in [-0.2, -0.15) is 0 Å². The molecule has 0 spiro atoms. The monoisotopic (exact) mass is 353 g/mol. The van der Waals surface area contributed by atoms with Gasteiger partial charge in [-0.05, 0) is 37.1 Å². The number of rotatable bonds is 6. The molecular weight excluding hydrogens is 330 g/mol. The number of carbonyl (C=O) groups is 1. The summed E-state index contributed by atoms with van der Waals surface area (Å²) in [5, 5.41) is 2.99. The molecule has 25 heavy (non-hydrogen) atoms. The number of fused-ring (bicyclic) bond motifs is 1. The Labute approximate surface area is 152 Å². The molecule has 0 aliphatic carbocycles. The van der Waals surface area contributed by atoms with Gasteiger partial charge in [-0.1, -0.05) is 44.2 Å². The first-order valence-corrected chi connectivity index (χ1v) is 9.39. The van der Waals surface area contributed by atoms with Gasteiger partial charge in [-0.25, -0.2) is 4.98 Å². The SMILES string of the molecule is CC(Sc1ccccc1)C(=O)NC(c1nc2ccccc2[nH]1)C(C)C. The largest absolute Gasteiger partial charge is 0.345 e. The third-order valence-corrected chi connectivity index (χ3v) is 5.20. The summed E-state index contributed by atoms with van der Waals surface area (Å²) in [6, 6.07) is 17.8. The Hall–Kier alpha value is -2.27. The number of benzene rings is 2. The molecule has 0 bridgehead atoms. The van der Waals surface area contributed by atoms with Crippen LogP contribution in [0.15, 0.2) is 59.5 Å². The lowest BCUT2D eigenvalue weighted by molar-refractivity contribution is -0.121. The second-order valence-corrected chi connectivity index (χ2v) is 7.86. The van der Waals surface area contributed by atoms with Crippen molar-refractivity contribution in [1.82, 2.24) is 15.3 Å². The van der Waals surface area contributed by atoms with Crippen LogP contribution in [0.2, 0.25) is 0 Å². The van der Waals surface area contributed by atoms with Crippen LogP contribution in [0, 0.1) is 5.92 Å². The van der Waals surface area contributed by atoms with Gasteiger partial charge in [-0.3, -0.25) is 4.79 Å². The highest BCUT2D eigenvalue weighted by molar-refractivity contribution is 8.00. The van der Waals surface area contributed by atoms with E-state index in [1.807, 2.05) is 61.5 Å². The summed E-state index contributed by atoms with van der Waals surface area (Å²) in [4.78, 5) is 21.8. The van der Waals surface area contributed by atoms with Gasteiger partial charge in [-0.15, -0.1) is 11.8 Å². The van der Waals surface area contributed by atoms with Gasteiger partial charge in [0.05, 0.1) is 22.3 Å². The highest BCUT2D eigenvalue weighted by Crippen LogP contribution is 2.26. The fraction of sp³-hybridized carbons (Fsp3) is 0.300. The van der Waals surface area contributed by atoms with Crippen molar-refractivity contribution in [3.8, 4) is 0 Å². The molecule has 0 aliphatic rings. The zero-order valence-electron chi connectivity index (χ0n) is 14.7. The molecule has 0 aliphatic heterocycles. The van der Waals surface area contributed by atoms with E-state index in [-0.39, 0.29) is 23.1 Å². The van der Waals surface area contributed by atoms with Crippen LogP contribution in [0.3, 0.4) is 0 Å². The normalized spacial score (nSPS) is 13.8. The molecule has 2 atom stereocenters. The molecule has 2 aromatic carbocycles. The third-order valence-electron chi connectivity index (χ3n) is 4.09. The maximum absolute atomic E-state index is 12.7. The molecule has 2 unspecified atom stereocenters. The predicted molar refractivity (Wildman–Crippen MR) is 104 cm³/mol. The topological polar surface area (TPSA) is 57.8 Å². The number of hydrogen-bond donors (Lipinski definition) is 2. The molecular formula is C20H23N3OS. The lowest BCUT2D eigenvalue weighted by Gasteiger charge is -2.22. The molecule has 2 N–H and O–H groups in total. The van der Waals surface area contributed by atoms with Crippen LogP contribution in [0.5, 0.6) is 0 Å². The van der Waals surface area contributed by atoms with Crippen LogP contribution in [0.25, 0.3) is 11.0 Å². The zero-order chi connectivity index (χ0) is 17.8. The fourth-order valence-electron chi connectivity index (χ4n) is 2.70. The summed E-state index contributed by atoms with van der Waals surface area (Å²) in [6.45, 7) is 6.11. The van der Waals surface area contributed by atoms with Gasteiger partial charge in [0, 0.05) is 4.90 Å². The molecule has 1 aromatic heterocycles. The Bertz CT molecular complexity index is 811. The zero-order valence-corrected chi connectivity index (χ0v) is 15.5. The molecule has 0 saturated carbocycles. The van der Waals surface area contributed by atoms with Crippen LogP contribution >= 0.6 is 11.8 Å². The van der Waals surface area contributed by atoms with Crippen molar-refractivity contribution in [3.05, 3.63) is 60.4 Å². The standard InChI is InChI=1S/C20H23N3OS/c1-13(2)18(19-21-16-11-7-8-12-17(16)22-19)23-20(24)14(3)25-15-9-5-4-6-10-15/h4-14,18H,1-3H3,(H,21,22)(H,23,24). The van der Waals surface area contributed by atoms with Gasteiger partial charge in [0.1, 0.15) is 5.82 Å². The van der Waals surface area contributed by atoms with Crippen molar-refractivity contribution in [2.75, 3.05) is 0 Å². The number of hydrogen-bond acceptors (Lipinski definition) is 3.